The minimum Gasteiger partial charge on any atom is -0.366 e. The molecular weight excluding hydrogens is 318 g/mol. The molecule has 6 heteroatoms. The van der Waals surface area contributed by atoms with Gasteiger partial charge in [0.2, 0.25) is 11.8 Å². The maximum absolute atomic E-state index is 11.9. The van der Waals surface area contributed by atoms with Crippen LogP contribution in [0.2, 0.25) is 0 Å². The Morgan fingerprint density at radius 3 is 2.32 bits per heavy atom. The lowest BCUT2D eigenvalue weighted by Gasteiger charge is -2.09. The van der Waals surface area contributed by atoms with Gasteiger partial charge < -0.3 is 16.4 Å². The number of hydrogen-bond donors (Lipinski definition) is 3. The largest absolute Gasteiger partial charge is 0.366 e. The molecule has 0 spiro atoms. The number of rotatable bonds is 7. The van der Waals surface area contributed by atoms with Gasteiger partial charge in [-0.2, -0.15) is 0 Å². The number of para-hydroxylation sites is 1. The number of primary amides is 1. The fourth-order valence-corrected chi connectivity index (χ4v) is 2.28. The smallest absolute Gasteiger partial charge is 0.250 e. The number of aryl methyl sites for hydroxylation is 2. The first-order chi connectivity index (χ1) is 12.0. The molecule has 25 heavy (non-hydrogen) atoms. The van der Waals surface area contributed by atoms with E-state index in [9.17, 15) is 14.4 Å². The zero-order valence-corrected chi connectivity index (χ0v) is 14.0. The highest BCUT2D eigenvalue weighted by molar-refractivity contribution is 6.03. The number of carbonyl (C=O) groups excluding carboxylic acids is 3. The van der Waals surface area contributed by atoms with E-state index in [1.165, 1.54) is 11.6 Å². The Kier molecular flexibility index (Phi) is 6.28. The summed E-state index contributed by atoms with van der Waals surface area (Å²) in [5, 5.41) is 5.14. The van der Waals surface area contributed by atoms with E-state index in [2.05, 4.69) is 10.6 Å². The molecule has 0 aliphatic heterocycles. The van der Waals surface area contributed by atoms with E-state index < -0.39 is 11.8 Å². The fourth-order valence-electron chi connectivity index (χ4n) is 2.28. The van der Waals surface area contributed by atoms with Gasteiger partial charge in [0, 0.05) is 6.42 Å². The SMILES string of the molecule is Cc1ccc(CCC(=O)NCC(=O)Nc2ccccc2C(N)=O)cc1. The molecule has 0 saturated heterocycles. The summed E-state index contributed by atoms with van der Waals surface area (Å²) in [6.45, 7) is 1.84. The van der Waals surface area contributed by atoms with Crippen LogP contribution in [-0.4, -0.2) is 24.3 Å². The molecule has 0 fully saturated rings. The van der Waals surface area contributed by atoms with E-state index in [0.29, 0.717) is 18.5 Å². The average Bonchev–Trinajstić information content (AvgIpc) is 2.59. The second kappa shape index (κ2) is 8.63. The lowest BCUT2D eigenvalue weighted by atomic mass is 10.1. The Labute approximate surface area is 146 Å². The maximum Gasteiger partial charge on any atom is 0.250 e. The lowest BCUT2D eigenvalue weighted by molar-refractivity contribution is -0.124. The summed E-state index contributed by atoms with van der Waals surface area (Å²) < 4.78 is 0. The van der Waals surface area contributed by atoms with Crippen LogP contribution in [0.25, 0.3) is 0 Å². The molecule has 130 valence electrons. The number of carbonyl (C=O) groups is 3. The van der Waals surface area contributed by atoms with Crippen molar-refractivity contribution in [1.29, 1.82) is 0 Å². The molecule has 2 aromatic rings. The average molecular weight is 339 g/mol. The second-order valence-corrected chi connectivity index (χ2v) is 5.72. The van der Waals surface area contributed by atoms with Gasteiger partial charge in [0.25, 0.3) is 5.91 Å². The van der Waals surface area contributed by atoms with Crippen LogP contribution in [0.15, 0.2) is 48.5 Å². The van der Waals surface area contributed by atoms with Crippen LogP contribution >= 0.6 is 0 Å². The zero-order valence-electron chi connectivity index (χ0n) is 14.0. The van der Waals surface area contributed by atoms with E-state index in [0.717, 1.165) is 5.56 Å². The third kappa shape index (κ3) is 5.76. The number of benzene rings is 2. The predicted octanol–water partition coefficient (Wildman–Crippen LogP) is 1.78. The van der Waals surface area contributed by atoms with Crippen molar-refractivity contribution >= 4 is 23.4 Å². The Bertz CT molecular complexity index is 770. The number of hydrogen-bond acceptors (Lipinski definition) is 3. The van der Waals surface area contributed by atoms with Crippen molar-refractivity contribution in [3.8, 4) is 0 Å². The molecule has 0 unspecified atom stereocenters. The van der Waals surface area contributed by atoms with Crippen LogP contribution in [0.5, 0.6) is 0 Å². The van der Waals surface area contributed by atoms with Crippen molar-refractivity contribution in [3.63, 3.8) is 0 Å². The first-order valence-corrected chi connectivity index (χ1v) is 7.96. The summed E-state index contributed by atoms with van der Waals surface area (Å²) in [6.07, 6.45) is 0.909. The molecule has 0 heterocycles. The fraction of sp³-hybridized carbons (Fsp3) is 0.211. The quantitative estimate of drug-likeness (QED) is 0.716. The molecular formula is C19H21N3O3. The van der Waals surface area contributed by atoms with E-state index >= 15 is 0 Å². The molecule has 2 aromatic carbocycles. The monoisotopic (exact) mass is 339 g/mol. The zero-order chi connectivity index (χ0) is 18.2. The van der Waals surface area contributed by atoms with Gasteiger partial charge >= 0.3 is 0 Å². The lowest BCUT2D eigenvalue weighted by Crippen LogP contribution is -2.33. The summed E-state index contributed by atoms with van der Waals surface area (Å²) >= 11 is 0. The van der Waals surface area contributed by atoms with Gasteiger partial charge in [0.05, 0.1) is 17.8 Å². The summed E-state index contributed by atoms with van der Waals surface area (Å²) in [5.41, 5.74) is 8.05. The molecule has 0 aliphatic rings. The standard InChI is InChI=1S/C19H21N3O3/c1-13-6-8-14(9-7-13)10-11-17(23)21-12-18(24)22-16-5-3-2-4-15(16)19(20)25/h2-9H,10-12H2,1H3,(H2,20,25)(H,21,23)(H,22,24). The van der Waals surface area contributed by atoms with E-state index in [-0.39, 0.29) is 18.0 Å². The van der Waals surface area contributed by atoms with Crippen LogP contribution < -0.4 is 16.4 Å². The van der Waals surface area contributed by atoms with E-state index in [1.807, 2.05) is 31.2 Å². The van der Waals surface area contributed by atoms with Crippen LogP contribution in [0.3, 0.4) is 0 Å². The van der Waals surface area contributed by atoms with E-state index in [4.69, 9.17) is 5.73 Å². The topological polar surface area (TPSA) is 101 Å². The number of amides is 3. The molecule has 4 N–H and O–H groups in total. The van der Waals surface area contributed by atoms with Crippen LogP contribution in [0.1, 0.15) is 27.9 Å². The first kappa shape index (κ1) is 18.2. The van der Waals surface area contributed by atoms with Crippen LogP contribution in [0.4, 0.5) is 5.69 Å². The molecule has 3 amide bonds. The van der Waals surface area contributed by atoms with Crippen molar-refractivity contribution in [1.82, 2.24) is 5.32 Å². The molecule has 0 aromatic heterocycles. The van der Waals surface area contributed by atoms with Crippen molar-refractivity contribution in [2.45, 2.75) is 19.8 Å². The highest BCUT2D eigenvalue weighted by Gasteiger charge is 2.11. The molecule has 6 nitrogen and oxygen atoms in total. The highest BCUT2D eigenvalue weighted by Crippen LogP contribution is 2.13. The highest BCUT2D eigenvalue weighted by atomic mass is 16.2. The summed E-state index contributed by atoms with van der Waals surface area (Å²) in [6, 6.07) is 14.4. The number of nitrogens with two attached hydrogens (primary N) is 1. The Balaban J connectivity index is 1.79. The van der Waals surface area contributed by atoms with E-state index in [1.54, 1.807) is 18.2 Å². The Morgan fingerprint density at radius 1 is 0.960 bits per heavy atom. The minimum atomic E-state index is -0.627. The number of nitrogens with one attached hydrogen (secondary N) is 2. The van der Waals surface area contributed by atoms with Crippen molar-refractivity contribution < 1.29 is 14.4 Å². The molecule has 0 atom stereocenters. The van der Waals surface area contributed by atoms with Crippen molar-refractivity contribution in [3.05, 3.63) is 65.2 Å². The van der Waals surface area contributed by atoms with Crippen molar-refractivity contribution in [2.24, 2.45) is 5.73 Å². The predicted molar refractivity (Wildman–Crippen MR) is 96.1 cm³/mol. The maximum atomic E-state index is 11.9. The second-order valence-electron chi connectivity index (χ2n) is 5.72. The van der Waals surface area contributed by atoms with Gasteiger partial charge in [-0.3, -0.25) is 14.4 Å². The molecule has 0 bridgehead atoms. The summed E-state index contributed by atoms with van der Waals surface area (Å²) in [4.78, 5) is 35.1. The Hall–Kier alpha value is -3.15. The van der Waals surface area contributed by atoms with Gasteiger partial charge in [0.15, 0.2) is 0 Å². The summed E-state index contributed by atoms with van der Waals surface area (Å²) in [5.74, 6) is -1.26. The van der Waals surface area contributed by atoms with Gasteiger partial charge in [-0.1, -0.05) is 42.0 Å². The van der Waals surface area contributed by atoms with Gasteiger partial charge in [-0.15, -0.1) is 0 Å². The van der Waals surface area contributed by atoms with Gasteiger partial charge in [0.1, 0.15) is 0 Å². The third-order valence-corrected chi connectivity index (χ3v) is 3.67. The minimum absolute atomic E-state index is 0.167. The van der Waals surface area contributed by atoms with Gasteiger partial charge in [-0.05, 0) is 31.0 Å². The molecule has 2 rings (SSSR count). The number of anilines is 1. The normalized spacial score (nSPS) is 10.1. The molecule has 0 aliphatic carbocycles. The summed E-state index contributed by atoms with van der Waals surface area (Å²) in [7, 11) is 0. The third-order valence-electron chi connectivity index (χ3n) is 3.67. The molecule has 0 radical (unpaired) electrons. The van der Waals surface area contributed by atoms with Gasteiger partial charge in [-0.25, -0.2) is 0 Å². The molecule has 0 saturated carbocycles. The Morgan fingerprint density at radius 2 is 1.64 bits per heavy atom. The first-order valence-electron chi connectivity index (χ1n) is 7.96. The van der Waals surface area contributed by atoms with Crippen molar-refractivity contribution in [2.75, 3.05) is 11.9 Å². The van der Waals surface area contributed by atoms with Crippen LogP contribution in [0, 0.1) is 6.92 Å². The van der Waals surface area contributed by atoms with Crippen LogP contribution in [-0.2, 0) is 16.0 Å².